The van der Waals surface area contributed by atoms with Crippen LogP contribution in [0.3, 0.4) is 0 Å². The molecule has 6 heteroatoms. The Balaban J connectivity index is 1.70. The Kier molecular flexibility index (Phi) is 7.34. The molecule has 0 N–H and O–H groups in total. The van der Waals surface area contributed by atoms with E-state index in [9.17, 15) is 4.79 Å². The van der Waals surface area contributed by atoms with E-state index in [1.54, 1.807) is 0 Å². The van der Waals surface area contributed by atoms with Gasteiger partial charge in [-0.15, -0.1) is 11.3 Å². The van der Waals surface area contributed by atoms with Crippen molar-refractivity contribution in [3.05, 3.63) is 45.7 Å². The number of aryl methyl sites for hydroxylation is 2. The predicted molar refractivity (Wildman–Crippen MR) is 94.1 cm³/mol. The molecule has 0 saturated carbocycles. The molecule has 0 radical (unpaired) electrons. The van der Waals surface area contributed by atoms with Crippen molar-refractivity contribution < 1.29 is 14.3 Å². The van der Waals surface area contributed by atoms with E-state index in [1.807, 2.05) is 44.4 Å². The van der Waals surface area contributed by atoms with Gasteiger partial charge in [0.2, 0.25) is 0 Å². The minimum atomic E-state index is -0.242. The van der Waals surface area contributed by atoms with Gasteiger partial charge in [-0.05, 0) is 45.7 Å². The third kappa shape index (κ3) is 6.02. The van der Waals surface area contributed by atoms with E-state index in [4.69, 9.17) is 9.47 Å². The molecule has 5 nitrogen and oxygen atoms in total. The Bertz CT molecular complexity index is 657. The molecule has 2 heterocycles. The standard InChI is InChI=1S/C18H24N2O3S/c1-4-22-14(3)18-20-16(12-24-18)11-17(21)23-10-6-9-15-8-5-7-13(2)19-15/h5,7-8,12,14H,4,6,9-11H2,1-3H3. The molecule has 0 aliphatic rings. The number of rotatable bonds is 9. The molecule has 0 fully saturated rings. The molecule has 130 valence electrons. The second kappa shape index (κ2) is 9.49. The minimum Gasteiger partial charge on any atom is -0.465 e. The van der Waals surface area contributed by atoms with Crippen molar-refractivity contribution in [3.63, 3.8) is 0 Å². The van der Waals surface area contributed by atoms with Crippen LogP contribution in [-0.4, -0.2) is 29.2 Å². The maximum Gasteiger partial charge on any atom is 0.311 e. The van der Waals surface area contributed by atoms with E-state index in [0.29, 0.717) is 13.2 Å². The largest absolute Gasteiger partial charge is 0.465 e. The molecule has 0 aliphatic heterocycles. The average molecular weight is 348 g/mol. The zero-order valence-corrected chi connectivity index (χ0v) is 15.3. The van der Waals surface area contributed by atoms with E-state index in [-0.39, 0.29) is 18.5 Å². The van der Waals surface area contributed by atoms with Gasteiger partial charge in [-0.1, -0.05) is 6.07 Å². The van der Waals surface area contributed by atoms with Crippen molar-refractivity contribution in [1.82, 2.24) is 9.97 Å². The Labute approximate surface area is 147 Å². The normalized spacial score (nSPS) is 12.1. The summed E-state index contributed by atoms with van der Waals surface area (Å²) in [6, 6.07) is 5.95. The Morgan fingerprint density at radius 1 is 1.29 bits per heavy atom. The third-order valence-electron chi connectivity index (χ3n) is 3.45. The molecule has 0 bridgehead atoms. The third-order valence-corrected chi connectivity index (χ3v) is 4.50. The summed E-state index contributed by atoms with van der Waals surface area (Å²) in [5, 5.41) is 2.79. The average Bonchev–Trinajstić information content (AvgIpc) is 3.00. The van der Waals surface area contributed by atoms with Gasteiger partial charge < -0.3 is 9.47 Å². The Morgan fingerprint density at radius 2 is 2.12 bits per heavy atom. The van der Waals surface area contributed by atoms with Gasteiger partial charge in [0.1, 0.15) is 11.1 Å². The summed E-state index contributed by atoms with van der Waals surface area (Å²) in [6.45, 7) is 6.94. The monoisotopic (exact) mass is 348 g/mol. The summed E-state index contributed by atoms with van der Waals surface area (Å²) < 4.78 is 10.8. The topological polar surface area (TPSA) is 61.3 Å². The molecule has 24 heavy (non-hydrogen) atoms. The SMILES string of the molecule is CCOC(C)c1nc(CC(=O)OCCCc2cccc(C)n2)cs1. The fourth-order valence-electron chi connectivity index (χ4n) is 2.29. The lowest BCUT2D eigenvalue weighted by Crippen LogP contribution is -2.10. The molecular formula is C18H24N2O3S. The fraction of sp³-hybridized carbons (Fsp3) is 0.500. The lowest BCUT2D eigenvalue weighted by Gasteiger charge is -2.07. The molecule has 1 unspecified atom stereocenters. The summed E-state index contributed by atoms with van der Waals surface area (Å²) in [7, 11) is 0. The first-order valence-electron chi connectivity index (χ1n) is 8.22. The number of ether oxygens (including phenoxy) is 2. The van der Waals surface area contributed by atoms with Crippen LogP contribution in [0, 0.1) is 6.92 Å². The van der Waals surface area contributed by atoms with Gasteiger partial charge in [0.25, 0.3) is 0 Å². The van der Waals surface area contributed by atoms with Crippen molar-refractivity contribution >= 4 is 17.3 Å². The van der Waals surface area contributed by atoms with Gasteiger partial charge in [0.15, 0.2) is 0 Å². The molecule has 2 rings (SSSR count). The number of aromatic nitrogens is 2. The van der Waals surface area contributed by atoms with Crippen LogP contribution >= 0.6 is 11.3 Å². The molecule has 2 aromatic heterocycles. The number of thiazole rings is 1. The first-order chi connectivity index (χ1) is 11.6. The second-order valence-electron chi connectivity index (χ2n) is 5.55. The highest BCUT2D eigenvalue weighted by molar-refractivity contribution is 7.09. The zero-order chi connectivity index (χ0) is 17.4. The Hall–Kier alpha value is -1.79. The Morgan fingerprint density at radius 3 is 2.88 bits per heavy atom. The fourth-order valence-corrected chi connectivity index (χ4v) is 3.11. The van der Waals surface area contributed by atoms with Gasteiger partial charge in [-0.2, -0.15) is 0 Å². The van der Waals surface area contributed by atoms with Crippen molar-refractivity contribution in [2.75, 3.05) is 13.2 Å². The number of hydrogen-bond donors (Lipinski definition) is 0. The first-order valence-corrected chi connectivity index (χ1v) is 9.10. The van der Waals surface area contributed by atoms with Gasteiger partial charge in [0.05, 0.1) is 18.7 Å². The molecular weight excluding hydrogens is 324 g/mol. The summed E-state index contributed by atoms with van der Waals surface area (Å²) in [5.41, 5.74) is 2.78. The van der Waals surface area contributed by atoms with Crippen LogP contribution in [-0.2, 0) is 27.1 Å². The van der Waals surface area contributed by atoms with Gasteiger partial charge in [0, 0.05) is 23.4 Å². The molecule has 0 aliphatic carbocycles. The maximum atomic E-state index is 11.9. The maximum absolute atomic E-state index is 11.9. The van der Waals surface area contributed by atoms with Gasteiger partial charge in [-0.25, -0.2) is 4.98 Å². The summed E-state index contributed by atoms with van der Waals surface area (Å²) in [6.07, 6.45) is 1.75. The van der Waals surface area contributed by atoms with E-state index < -0.39 is 0 Å². The van der Waals surface area contributed by atoms with Gasteiger partial charge in [-0.3, -0.25) is 9.78 Å². The highest BCUT2D eigenvalue weighted by Gasteiger charge is 2.13. The van der Waals surface area contributed by atoms with Crippen molar-refractivity contribution in [2.45, 2.75) is 46.1 Å². The lowest BCUT2D eigenvalue weighted by molar-refractivity contribution is -0.142. The second-order valence-corrected chi connectivity index (χ2v) is 6.44. The first kappa shape index (κ1) is 18.5. The van der Waals surface area contributed by atoms with E-state index >= 15 is 0 Å². The summed E-state index contributed by atoms with van der Waals surface area (Å²) in [5.74, 6) is -0.242. The molecule has 0 spiro atoms. The quantitative estimate of drug-likeness (QED) is 0.511. The van der Waals surface area contributed by atoms with Crippen LogP contribution in [0.2, 0.25) is 0 Å². The number of nitrogens with zero attached hydrogens (tertiary/aromatic N) is 2. The highest BCUT2D eigenvalue weighted by Crippen LogP contribution is 2.21. The van der Waals surface area contributed by atoms with Crippen LogP contribution < -0.4 is 0 Å². The molecule has 2 aromatic rings. The number of hydrogen-bond acceptors (Lipinski definition) is 6. The van der Waals surface area contributed by atoms with E-state index in [0.717, 1.165) is 34.9 Å². The van der Waals surface area contributed by atoms with Crippen LogP contribution in [0.1, 0.15) is 48.5 Å². The lowest BCUT2D eigenvalue weighted by atomic mass is 10.2. The van der Waals surface area contributed by atoms with Crippen molar-refractivity contribution in [2.24, 2.45) is 0 Å². The number of pyridine rings is 1. The zero-order valence-electron chi connectivity index (χ0n) is 14.4. The van der Waals surface area contributed by atoms with Gasteiger partial charge >= 0.3 is 5.97 Å². The summed E-state index contributed by atoms with van der Waals surface area (Å²) in [4.78, 5) is 20.7. The molecule has 0 aromatic carbocycles. The van der Waals surface area contributed by atoms with Crippen LogP contribution in [0.25, 0.3) is 0 Å². The number of esters is 1. The minimum absolute atomic E-state index is 0.0356. The van der Waals surface area contributed by atoms with Crippen LogP contribution in [0.4, 0.5) is 0 Å². The molecule has 0 amide bonds. The van der Waals surface area contributed by atoms with E-state index in [2.05, 4.69) is 9.97 Å². The van der Waals surface area contributed by atoms with Crippen LogP contribution in [0.15, 0.2) is 23.6 Å². The molecule has 0 saturated heterocycles. The predicted octanol–water partition coefficient (Wildman–Crippen LogP) is 3.66. The van der Waals surface area contributed by atoms with Crippen molar-refractivity contribution in [3.8, 4) is 0 Å². The van der Waals surface area contributed by atoms with Crippen LogP contribution in [0.5, 0.6) is 0 Å². The number of carbonyl (C=O) groups excluding carboxylic acids is 1. The van der Waals surface area contributed by atoms with Crippen molar-refractivity contribution in [1.29, 1.82) is 0 Å². The molecule has 1 atom stereocenters. The smallest absolute Gasteiger partial charge is 0.311 e. The van der Waals surface area contributed by atoms with E-state index in [1.165, 1.54) is 11.3 Å². The summed E-state index contributed by atoms with van der Waals surface area (Å²) >= 11 is 1.51. The number of carbonyl (C=O) groups is 1. The highest BCUT2D eigenvalue weighted by atomic mass is 32.1.